The van der Waals surface area contributed by atoms with Crippen molar-refractivity contribution >= 4 is 21.4 Å². The zero-order valence-electron chi connectivity index (χ0n) is 10.4. The molecule has 0 saturated carbocycles. The predicted molar refractivity (Wildman–Crippen MR) is 80.7 cm³/mol. The molecular weight excluding hydrogens is 292 g/mol. The number of benzene rings is 1. The fourth-order valence-corrected chi connectivity index (χ4v) is 4.10. The number of aromatic nitrogens is 1. The fraction of sp³-hybridized carbons (Fsp3) is 0. The van der Waals surface area contributed by atoms with Crippen LogP contribution in [-0.4, -0.2) is 13.1 Å². The Morgan fingerprint density at radius 3 is 2.30 bits per heavy atom. The van der Waals surface area contributed by atoms with E-state index in [1.165, 1.54) is 16.0 Å². The van der Waals surface area contributed by atoms with Crippen LogP contribution in [0.2, 0.25) is 0 Å². The molecule has 0 aliphatic rings. The molecule has 0 aliphatic heterocycles. The first kappa shape index (κ1) is 13.0. The Labute approximate surface area is 121 Å². The number of sulfonamides is 1. The number of nitrogens with zero attached hydrogens (tertiary/aromatic N) is 1. The van der Waals surface area contributed by atoms with Crippen LogP contribution in [0.25, 0.3) is 10.4 Å². The van der Waals surface area contributed by atoms with Crippen molar-refractivity contribution in [1.82, 2.24) is 4.68 Å². The van der Waals surface area contributed by atoms with E-state index >= 15 is 0 Å². The third-order valence-electron chi connectivity index (χ3n) is 2.73. The summed E-state index contributed by atoms with van der Waals surface area (Å²) in [6, 6.07) is 16.7. The summed E-state index contributed by atoms with van der Waals surface area (Å²) in [7, 11) is -3.54. The minimum atomic E-state index is -3.54. The summed E-state index contributed by atoms with van der Waals surface area (Å²) >= 11 is 1.25. The zero-order chi connectivity index (χ0) is 14.0. The molecule has 0 fully saturated rings. The van der Waals surface area contributed by atoms with Gasteiger partial charge in [0.2, 0.25) is 0 Å². The zero-order valence-corrected chi connectivity index (χ0v) is 12.1. The molecule has 6 heteroatoms. The topological polar surface area (TPSA) is 51.1 Å². The van der Waals surface area contributed by atoms with E-state index < -0.39 is 10.0 Å². The van der Waals surface area contributed by atoms with Crippen LogP contribution in [0.15, 0.2) is 71.2 Å². The van der Waals surface area contributed by atoms with Crippen LogP contribution in [0.3, 0.4) is 0 Å². The highest BCUT2D eigenvalue weighted by Gasteiger charge is 2.17. The molecule has 0 radical (unpaired) electrons. The molecule has 1 aromatic carbocycles. The Morgan fingerprint density at radius 2 is 1.60 bits per heavy atom. The van der Waals surface area contributed by atoms with Gasteiger partial charge in [-0.15, -0.1) is 11.3 Å². The highest BCUT2D eigenvalue weighted by atomic mass is 32.2. The van der Waals surface area contributed by atoms with Gasteiger partial charge in [0.15, 0.2) is 0 Å². The fourth-order valence-electron chi connectivity index (χ4n) is 1.80. The van der Waals surface area contributed by atoms with Crippen molar-refractivity contribution in [3.8, 4) is 10.4 Å². The molecule has 2 heterocycles. The van der Waals surface area contributed by atoms with E-state index in [-0.39, 0.29) is 0 Å². The van der Waals surface area contributed by atoms with Crippen molar-refractivity contribution in [3.05, 3.63) is 67.0 Å². The summed E-state index contributed by atoms with van der Waals surface area (Å²) in [5.41, 5.74) is 1.01. The number of thiophene rings is 1. The van der Waals surface area contributed by atoms with Crippen molar-refractivity contribution in [2.75, 3.05) is 4.83 Å². The normalized spacial score (nSPS) is 11.4. The van der Waals surface area contributed by atoms with Crippen molar-refractivity contribution < 1.29 is 8.42 Å². The molecule has 20 heavy (non-hydrogen) atoms. The van der Waals surface area contributed by atoms with Crippen LogP contribution in [0, 0.1) is 0 Å². The van der Waals surface area contributed by atoms with Gasteiger partial charge in [0.1, 0.15) is 4.21 Å². The average molecular weight is 304 g/mol. The molecule has 102 valence electrons. The number of nitrogens with one attached hydrogen (secondary N) is 1. The first-order chi connectivity index (χ1) is 9.65. The van der Waals surface area contributed by atoms with Gasteiger partial charge in [-0.05, 0) is 29.8 Å². The summed E-state index contributed by atoms with van der Waals surface area (Å²) in [4.78, 5) is 3.41. The largest absolute Gasteiger partial charge is 0.284 e. The molecule has 1 N–H and O–H groups in total. The van der Waals surface area contributed by atoms with Gasteiger partial charge in [-0.3, -0.25) is 4.68 Å². The van der Waals surface area contributed by atoms with E-state index in [4.69, 9.17) is 0 Å². The highest BCUT2D eigenvalue weighted by Crippen LogP contribution is 2.30. The van der Waals surface area contributed by atoms with E-state index in [1.54, 1.807) is 30.6 Å². The summed E-state index contributed by atoms with van der Waals surface area (Å²) < 4.78 is 26.2. The molecule has 0 aliphatic carbocycles. The second-order valence-electron chi connectivity index (χ2n) is 4.17. The van der Waals surface area contributed by atoms with Gasteiger partial charge in [0.05, 0.1) is 0 Å². The SMILES string of the molecule is O=S(=O)(Nn1cccc1)c1ccc(-c2ccccc2)s1. The minimum absolute atomic E-state index is 0.296. The van der Waals surface area contributed by atoms with E-state index in [0.29, 0.717) is 4.21 Å². The maximum Gasteiger partial charge on any atom is 0.284 e. The van der Waals surface area contributed by atoms with Gasteiger partial charge in [-0.25, -0.2) is 4.83 Å². The molecule has 3 aromatic rings. The Balaban J connectivity index is 1.90. The third kappa shape index (κ3) is 2.61. The van der Waals surface area contributed by atoms with Crippen LogP contribution in [0.4, 0.5) is 0 Å². The molecule has 2 aromatic heterocycles. The van der Waals surface area contributed by atoms with Crippen molar-refractivity contribution in [3.63, 3.8) is 0 Å². The van der Waals surface area contributed by atoms with E-state index in [0.717, 1.165) is 10.4 Å². The molecule has 4 nitrogen and oxygen atoms in total. The smallest absolute Gasteiger partial charge is 0.261 e. The Hall–Kier alpha value is -2.05. The number of hydrogen-bond acceptors (Lipinski definition) is 3. The van der Waals surface area contributed by atoms with E-state index in [2.05, 4.69) is 4.83 Å². The first-order valence-electron chi connectivity index (χ1n) is 5.96. The number of rotatable bonds is 4. The maximum absolute atomic E-state index is 12.2. The van der Waals surface area contributed by atoms with Gasteiger partial charge < -0.3 is 0 Å². The molecule has 0 amide bonds. The van der Waals surface area contributed by atoms with E-state index in [9.17, 15) is 8.42 Å². The molecule has 3 rings (SSSR count). The van der Waals surface area contributed by atoms with Gasteiger partial charge >= 0.3 is 0 Å². The Bertz CT molecular complexity index is 791. The molecule has 0 saturated heterocycles. The molecule has 0 atom stereocenters. The predicted octanol–water partition coefficient (Wildman–Crippen LogP) is 3.15. The number of hydrogen-bond donors (Lipinski definition) is 1. The van der Waals surface area contributed by atoms with Crippen molar-refractivity contribution in [2.24, 2.45) is 0 Å². The lowest BCUT2D eigenvalue weighted by Gasteiger charge is -2.06. The van der Waals surface area contributed by atoms with Crippen LogP contribution >= 0.6 is 11.3 Å². The summed E-state index contributed by atoms with van der Waals surface area (Å²) in [5.74, 6) is 0. The second-order valence-corrected chi connectivity index (χ2v) is 7.14. The van der Waals surface area contributed by atoms with Gasteiger partial charge in [0, 0.05) is 17.3 Å². The monoisotopic (exact) mass is 304 g/mol. The van der Waals surface area contributed by atoms with Crippen molar-refractivity contribution in [1.29, 1.82) is 0 Å². The van der Waals surface area contributed by atoms with Crippen LogP contribution in [0.1, 0.15) is 0 Å². The quantitative estimate of drug-likeness (QED) is 0.805. The van der Waals surface area contributed by atoms with Crippen molar-refractivity contribution in [2.45, 2.75) is 4.21 Å². The Morgan fingerprint density at radius 1 is 0.900 bits per heavy atom. The lowest BCUT2D eigenvalue weighted by molar-refractivity contribution is 0.597. The van der Waals surface area contributed by atoms with Crippen LogP contribution < -0.4 is 4.83 Å². The summed E-state index contributed by atoms with van der Waals surface area (Å²) in [5, 5.41) is 0. The molecule has 0 spiro atoms. The van der Waals surface area contributed by atoms with Gasteiger partial charge in [0.25, 0.3) is 10.0 Å². The van der Waals surface area contributed by atoms with E-state index in [1.807, 2.05) is 36.4 Å². The lowest BCUT2D eigenvalue weighted by Crippen LogP contribution is -2.20. The molecule has 0 bridgehead atoms. The Kier molecular flexibility index (Phi) is 3.33. The minimum Gasteiger partial charge on any atom is -0.261 e. The highest BCUT2D eigenvalue weighted by molar-refractivity contribution is 7.94. The molecule has 0 unspecified atom stereocenters. The maximum atomic E-state index is 12.2. The third-order valence-corrected chi connectivity index (χ3v) is 5.69. The van der Waals surface area contributed by atoms with Crippen LogP contribution in [-0.2, 0) is 10.0 Å². The summed E-state index contributed by atoms with van der Waals surface area (Å²) in [6.07, 6.45) is 3.28. The second kappa shape index (κ2) is 5.15. The van der Waals surface area contributed by atoms with Gasteiger partial charge in [-0.1, -0.05) is 30.3 Å². The first-order valence-corrected chi connectivity index (χ1v) is 8.26. The average Bonchev–Trinajstić information content (AvgIpc) is 3.10. The standard InChI is InChI=1S/C14H12N2O2S2/c17-20(18,15-16-10-4-5-11-16)14-9-8-13(19-14)12-6-2-1-3-7-12/h1-11,15H. The lowest BCUT2D eigenvalue weighted by atomic mass is 10.2. The molecular formula is C14H12N2O2S2. The van der Waals surface area contributed by atoms with Gasteiger partial charge in [-0.2, -0.15) is 8.42 Å². The van der Waals surface area contributed by atoms with Crippen LogP contribution in [0.5, 0.6) is 0 Å². The summed E-state index contributed by atoms with van der Waals surface area (Å²) in [6.45, 7) is 0.